The molecule has 0 aromatic heterocycles. The monoisotopic (exact) mass is 273 g/mol. The number of carbonyl (C=O) groups excluding carboxylic acids is 1. The number of aliphatic hydroxyl groups excluding tert-OH is 1. The van der Waals surface area contributed by atoms with Gasteiger partial charge in [-0.25, -0.2) is 8.78 Å². The molecule has 0 fully saturated rings. The third-order valence-corrected chi connectivity index (χ3v) is 2.54. The van der Waals surface area contributed by atoms with Crippen molar-refractivity contribution < 1.29 is 28.2 Å². The van der Waals surface area contributed by atoms with Gasteiger partial charge in [0.2, 0.25) is 0 Å². The average Bonchev–Trinajstić information content (AvgIpc) is 2.44. The number of carbonyl (C=O) groups is 1. The van der Waals surface area contributed by atoms with Crippen LogP contribution in [0.1, 0.15) is 10.4 Å². The number of aliphatic hydroxyl groups is 1. The molecule has 0 unspecified atom stereocenters. The molecule has 1 heterocycles. The van der Waals surface area contributed by atoms with Crippen LogP contribution < -0.4 is 14.8 Å². The highest BCUT2D eigenvalue weighted by Gasteiger charge is 2.28. The smallest absolute Gasteiger partial charge is 0.287 e. The summed E-state index contributed by atoms with van der Waals surface area (Å²) in [6.07, 6.45) is 0. The topological polar surface area (TPSA) is 67.8 Å². The van der Waals surface area contributed by atoms with E-state index in [1.54, 1.807) is 6.07 Å². The van der Waals surface area contributed by atoms with E-state index in [-0.39, 0.29) is 5.56 Å². The Morgan fingerprint density at radius 1 is 1.32 bits per heavy atom. The molecular formula is C12H13F2NO4. The summed E-state index contributed by atoms with van der Waals surface area (Å²) in [6.45, 7) is -1.42. The molecule has 0 atom stereocenters. The molecule has 5 nitrogen and oxygen atoms in total. The molecule has 0 radical (unpaired) electrons. The van der Waals surface area contributed by atoms with E-state index in [1.807, 2.05) is 0 Å². The number of hydrogen-bond acceptors (Lipinski definition) is 4. The van der Waals surface area contributed by atoms with E-state index in [1.165, 1.54) is 12.1 Å². The van der Waals surface area contributed by atoms with Crippen LogP contribution in [-0.4, -0.2) is 43.3 Å². The number of rotatable bonds is 4. The maximum atomic E-state index is 12.8. The number of ether oxygens (including phenoxy) is 2. The lowest BCUT2D eigenvalue weighted by Crippen LogP contribution is -2.39. The normalized spacial score (nSPS) is 14.1. The van der Waals surface area contributed by atoms with E-state index in [0.717, 1.165) is 0 Å². The second kappa shape index (κ2) is 5.40. The van der Waals surface area contributed by atoms with Gasteiger partial charge < -0.3 is 19.9 Å². The Labute approximate surface area is 108 Å². The molecule has 1 amide bonds. The minimum atomic E-state index is -3.33. The number of hydrogen-bond donors (Lipinski definition) is 2. The van der Waals surface area contributed by atoms with Crippen molar-refractivity contribution >= 4 is 5.91 Å². The van der Waals surface area contributed by atoms with Crippen LogP contribution >= 0.6 is 0 Å². The molecule has 2 N–H and O–H groups in total. The van der Waals surface area contributed by atoms with Gasteiger partial charge in [0, 0.05) is 5.56 Å². The Morgan fingerprint density at radius 2 is 2.00 bits per heavy atom. The fourth-order valence-electron chi connectivity index (χ4n) is 1.55. The van der Waals surface area contributed by atoms with Gasteiger partial charge in [0.05, 0.1) is 6.54 Å². The highest BCUT2D eigenvalue weighted by atomic mass is 19.3. The van der Waals surface area contributed by atoms with Gasteiger partial charge in [-0.3, -0.25) is 4.79 Å². The van der Waals surface area contributed by atoms with E-state index < -0.39 is 25.0 Å². The van der Waals surface area contributed by atoms with Crippen molar-refractivity contribution in [3.05, 3.63) is 23.8 Å². The molecule has 7 heteroatoms. The molecule has 0 saturated carbocycles. The molecule has 1 aromatic carbocycles. The van der Waals surface area contributed by atoms with Crippen molar-refractivity contribution in [1.29, 1.82) is 0 Å². The zero-order chi connectivity index (χ0) is 13.9. The number of halogens is 2. The standard InChI is InChI=1S/C12H13F2NO4/c13-12(14,7-16)6-15-11(17)8-1-2-9-10(5-8)19-4-3-18-9/h1-2,5,16H,3-4,6-7H2,(H,15,17). The Bertz CT molecular complexity index is 479. The zero-order valence-corrected chi connectivity index (χ0v) is 9.99. The van der Waals surface area contributed by atoms with Crippen molar-refractivity contribution in [3.63, 3.8) is 0 Å². The van der Waals surface area contributed by atoms with E-state index in [2.05, 4.69) is 5.32 Å². The molecule has 0 saturated heterocycles. The first-order valence-corrected chi connectivity index (χ1v) is 5.68. The molecule has 104 valence electrons. The number of alkyl halides is 2. The maximum Gasteiger partial charge on any atom is 0.287 e. The largest absolute Gasteiger partial charge is 0.486 e. The van der Waals surface area contributed by atoms with Crippen LogP contribution in [-0.2, 0) is 0 Å². The van der Waals surface area contributed by atoms with E-state index in [4.69, 9.17) is 14.6 Å². The molecule has 0 spiro atoms. The van der Waals surface area contributed by atoms with Crippen molar-refractivity contribution in [1.82, 2.24) is 5.32 Å². The number of amides is 1. The van der Waals surface area contributed by atoms with Crippen molar-refractivity contribution in [2.45, 2.75) is 5.92 Å². The van der Waals surface area contributed by atoms with Crippen LogP contribution in [0.25, 0.3) is 0 Å². The van der Waals surface area contributed by atoms with Gasteiger partial charge >= 0.3 is 0 Å². The molecular weight excluding hydrogens is 260 g/mol. The number of nitrogens with one attached hydrogen (secondary N) is 1. The molecule has 1 aliphatic rings. The quantitative estimate of drug-likeness (QED) is 0.852. The van der Waals surface area contributed by atoms with Gasteiger partial charge in [-0.1, -0.05) is 0 Å². The summed E-state index contributed by atoms with van der Waals surface area (Å²) >= 11 is 0. The van der Waals surface area contributed by atoms with Crippen molar-refractivity contribution in [2.75, 3.05) is 26.4 Å². The lowest BCUT2D eigenvalue weighted by Gasteiger charge is -2.19. The minimum absolute atomic E-state index is 0.193. The van der Waals surface area contributed by atoms with Gasteiger partial charge in [-0.15, -0.1) is 0 Å². The Balaban J connectivity index is 2.03. The Hall–Kier alpha value is -1.89. The lowest BCUT2D eigenvalue weighted by atomic mass is 10.1. The molecule has 0 aliphatic carbocycles. The summed E-state index contributed by atoms with van der Waals surface area (Å²) < 4.78 is 36.2. The molecule has 19 heavy (non-hydrogen) atoms. The number of benzene rings is 1. The summed E-state index contributed by atoms with van der Waals surface area (Å²) in [5.74, 6) is -3.06. The van der Waals surface area contributed by atoms with E-state index >= 15 is 0 Å². The highest BCUT2D eigenvalue weighted by molar-refractivity contribution is 5.94. The molecule has 1 aliphatic heterocycles. The summed E-state index contributed by atoms with van der Waals surface area (Å²) in [5.41, 5.74) is 0.193. The molecule has 0 bridgehead atoms. The minimum Gasteiger partial charge on any atom is -0.486 e. The van der Waals surface area contributed by atoms with Gasteiger partial charge in [-0.05, 0) is 18.2 Å². The van der Waals surface area contributed by atoms with Crippen LogP contribution in [0.5, 0.6) is 11.5 Å². The second-order valence-corrected chi connectivity index (χ2v) is 4.06. The average molecular weight is 273 g/mol. The van der Waals surface area contributed by atoms with Gasteiger partial charge in [0.25, 0.3) is 11.8 Å². The third-order valence-electron chi connectivity index (χ3n) is 2.54. The third kappa shape index (κ3) is 3.31. The fraction of sp³-hybridized carbons (Fsp3) is 0.417. The summed E-state index contributed by atoms with van der Waals surface area (Å²) in [7, 11) is 0. The lowest BCUT2D eigenvalue weighted by molar-refractivity contribution is -0.0462. The van der Waals surface area contributed by atoms with Crippen molar-refractivity contribution in [2.24, 2.45) is 0 Å². The molecule has 1 aromatic rings. The van der Waals surface area contributed by atoms with Gasteiger partial charge in [0.1, 0.15) is 19.8 Å². The van der Waals surface area contributed by atoms with E-state index in [0.29, 0.717) is 24.7 Å². The predicted octanol–water partition coefficient (Wildman–Crippen LogP) is 0.815. The van der Waals surface area contributed by atoms with Gasteiger partial charge in [-0.2, -0.15) is 0 Å². The van der Waals surface area contributed by atoms with Crippen LogP contribution in [0.3, 0.4) is 0 Å². The highest BCUT2D eigenvalue weighted by Crippen LogP contribution is 2.30. The van der Waals surface area contributed by atoms with Crippen LogP contribution in [0.4, 0.5) is 8.78 Å². The Kier molecular flexibility index (Phi) is 3.84. The van der Waals surface area contributed by atoms with E-state index in [9.17, 15) is 13.6 Å². The SMILES string of the molecule is O=C(NCC(F)(F)CO)c1ccc2c(c1)OCCO2. The summed E-state index contributed by atoms with van der Waals surface area (Å²) in [6, 6.07) is 4.44. The summed E-state index contributed by atoms with van der Waals surface area (Å²) in [5, 5.41) is 10.4. The molecule has 2 rings (SSSR count). The van der Waals surface area contributed by atoms with Crippen LogP contribution in [0.15, 0.2) is 18.2 Å². The number of fused-ring (bicyclic) bond motifs is 1. The van der Waals surface area contributed by atoms with Crippen molar-refractivity contribution in [3.8, 4) is 11.5 Å². The fourth-order valence-corrected chi connectivity index (χ4v) is 1.55. The van der Waals surface area contributed by atoms with Crippen LogP contribution in [0, 0.1) is 0 Å². The predicted molar refractivity (Wildman–Crippen MR) is 61.8 cm³/mol. The first-order chi connectivity index (χ1) is 9.02. The van der Waals surface area contributed by atoms with Gasteiger partial charge in [0.15, 0.2) is 11.5 Å². The first kappa shape index (κ1) is 13.5. The summed E-state index contributed by atoms with van der Waals surface area (Å²) in [4.78, 5) is 11.7. The first-order valence-electron chi connectivity index (χ1n) is 5.68. The Morgan fingerprint density at radius 3 is 2.68 bits per heavy atom. The zero-order valence-electron chi connectivity index (χ0n) is 9.99. The van der Waals surface area contributed by atoms with Crippen LogP contribution in [0.2, 0.25) is 0 Å². The second-order valence-electron chi connectivity index (χ2n) is 4.06. The maximum absolute atomic E-state index is 12.8.